The van der Waals surface area contributed by atoms with Gasteiger partial charge < -0.3 is 15.4 Å². The Bertz CT molecular complexity index is 884. The fourth-order valence-corrected chi connectivity index (χ4v) is 3.21. The van der Waals surface area contributed by atoms with E-state index in [1.807, 2.05) is 6.92 Å². The summed E-state index contributed by atoms with van der Waals surface area (Å²) in [6.07, 6.45) is 4.17. The van der Waals surface area contributed by atoms with Gasteiger partial charge in [-0.3, -0.25) is 19.5 Å². The summed E-state index contributed by atoms with van der Waals surface area (Å²) < 4.78 is 18.8. The van der Waals surface area contributed by atoms with Crippen molar-refractivity contribution in [1.29, 1.82) is 0 Å². The molecule has 1 saturated heterocycles. The SMILES string of the molecule is COC(=O)CCCN1CC(NC(=O)c2ccncc2Nc2ccc(C)cc2F)C1. The summed E-state index contributed by atoms with van der Waals surface area (Å²) in [4.78, 5) is 30.0. The first-order valence-electron chi connectivity index (χ1n) is 9.53. The Hall–Kier alpha value is -3.00. The van der Waals surface area contributed by atoms with Crippen LogP contribution in [-0.2, 0) is 9.53 Å². The molecule has 1 amide bonds. The van der Waals surface area contributed by atoms with Crippen LogP contribution in [0.1, 0.15) is 28.8 Å². The third-order valence-corrected chi connectivity index (χ3v) is 4.83. The third kappa shape index (κ3) is 5.51. The van der Waals surface area contributed by atoms with E-state index in [4.69, 9.17) is 0 Å². The number of carbonyl (C=O) groups excluding carboxylic acids is 2. The zero-order valence-electron chi connectivity index (χ0n) is 16.6. The van der Waals surface area contributed by atoms with E-state index in [9.17, 15) is 14.0 Å². The molecule has 0 unspecified atom stereocenters. The highest BCUT2D eigenvalue weighted by atomic mass is 19.1. The molecule has 29 heavy (non-hydrogen) atoms. The lowest BCUT2D eigenvalue weighted by molar-refractivity contribution is -0.140. The number of hydrogen-bond donors (Lipinski definition) is 2. The van der Waals surface area contributed by atoms with Crippen molar-refractivity contribution < 1.29 is 18.7 Å². The standard InChI is InChI=1S/C21H25FN4O3/c1-14-5-6-18(17(22)10-14)25-19-11-23-8-7-16(19)21(28)24-15-12-26(13-15)9-3-4-20(27)29-2/h5-8,10-11,15,25H,3-4,9,12-13H2,1-2H3,(H,24,28). The van der Waals surface area contributed by atoms with Crippen LogP contribution in [0.2, 0.25) is 0 Å². The van der Waals surface area contributed by atoms with Crippen molar-refractivity contribution in [2.24, 2.45) is 0 Å². The topological polar surface area (TPSA) is 83.6 Å². The monoisotopic (exact) mass is 400 g/mol. The number of nitrogens with one attached hydrogen (secondary N) is 2. The average molecular weight is 400 g/mol. The van der Waals surface area contributed by atoms with Gasteiger partial charge in [0.15, 0.2) is 0 Å². The first-order chi connectivity index (χ1) is 14.0. The molecule has 2 N–H and O–H groups in total. The lowest BCUT2D eigenvalue weighted by Gasteiger charge is -2.39. The minimum Gasteiger partial charge on any atom is -0.469 e. The molecule has 0 bridgehead atoms. The van der Waals surface area contributed by atoms with Gasteiger partial charge >= 0.3 is 5.97 Å². The molecule has 0 radical (unpaired) electrons. The van der Waals surface area contributed by atoms with E-state index in [1.54, 1.807) is 18.2 Å². The second kappa shape index (κ2) is 9.47. The number of nitrogens with zero attached hydrogens (tertiary/aromatic N) is 2. The number of anilines is 2. The molecule has 1 aromatic carbocycles. The summed E-state index contributed by atoms with van der Waals surface area (Å²) in [7, 11) is 1.38. The number of carbonyl (C=O) groups is 2. The lowest BCUT2D eigenvalue weighted by Crippen LogP contribution is -2.59. The quantitative estimate of drug-likeness (QED) is 0.663. The van der Waals surface area contributed by atoms with E-state index < -0.39 is 0 Å². The molecule has 7 nitrogen and oxygen atoms in total. The fraction of sp³-hybridized carbons (Fsp3) is 0.381. The Balaban J connectivity index is 1.54. The van der Waals surface area contributed by atoms with Crippen LogP contribution in [-0.4, -0.2) is 54.5 Å². The maximum absolute atomic E-state index is 14.1. The van der Waals surface area contributed by atoms with E-state index >= 15 is 0 Å². The molecule has 1 aliphatic heterocycles. The number of pyridine rings is 1. The van der Waals surface area contributed by atoms with Crippen molar-refractivity contribution in [3.8, 4) is 0 Å². The Morgan fingerprint density at radius 2 is 2.07 bits per heavy atom. The Morgan fingerprint density at radius 1 is 1.28 bits per heavy atom. The molecule has 3 rings (SSSR count). The summed E-state index contributed by atoms with van der Waals surface area (Å²) >= 11 is 0. The van der Waals surface area contributed by atoms with E-state index in [0.29, 0.717) is 17.7 Å². The number of methoxy groups -OCH3 is 1. The fourth-order valence-electron chi connectivity index (χ4n) is 3.21. The average Bonchev–Trinajstić information content (AvgIpc) is 2.68. The third-order valence-electron chi connectivity index (χ3n) is 4.83. The molecular formula is C21H25FN4O3. The maximum Gasteiger partial charge on any atom is 0.305 e. The van der Waals surface area contributed by atoms with Gasteiger partial charge in [0.05, 0.1) is 36.3 Å². The van der Waals surface area contributed by atoms with Crippen LogP contribution in [0.5, 0.6) is 0 Å². The molecule has 8 heteroatoms. The number of likely N-dealkylation sites (tertiary alicyclic amines) is 1. The van der Waals surface area contributed by atoms with Crippen molar-refractivity contribution in [3.05, 3.63) is 53.6 Å². The van der Waals surface area contributed by atoms with Gasteiger partial charge in [-0.05, 0) is 43.7 Å². The van der Waals surface area contributed by atoms with Gasteiger partial charge in [0.2, 0.25) is 0 Å². The van der Waals surface area contributed by atoms with Gasteiger partial charge in [-0.25, -0.2) is 4.39 Å². The second-order valence-corrected chi connectivity index (χ2v) is 7.14. The van der Waals surface area contributed by atoms with Gasteiger partial charge in [-0.1, -0.05) is 6.07 Å². The van der Waals surface area contributed by atoms with Crippen molar-refractivity contribution in [3.63, 3.8) is 0 Å². The Morgan fingerprint density at radius 3 is 2.79 bits per heavy atom. The first-order valence-corrected chi connectivity index (χ1v) is 9.53. The van der Waals surface area contributed by atoms with E-state index in [1.165, 1.54) is 25.6 Å². The number of hydrogen-bond acceptors (Lipinski definition) is 6. The first kappa shape index (κ1) is 20.7. The molecule has 2 heterocycles. The van der Waals surface area contributed by atoms with E-state index in [-0.39, 0.29) is 29.4 Å². The number of amides is 1. The van der Waals surface area contributed by atoms with Crippen molar-refractivity contribution in [1.82, 2.24) is 15.2 Å². The number of benzene rings is 1. The van der Waals surface area contributed by atoms with Crippen LogP contribution >= 0.6 is 0 Å². The molecule has 0 aliphatic carbocycles. The van der Waals surface area contributed by atoms with Crippen LogP contribution in [0, 0.1) is 12.7 Å². The molecule has 0 saturated carbocycles. The normalized spacial score (nSPS) is 14.2. The molecular weight excluding hydrogens is 375 g/mol. The summed E-state index contributed by atoms with van der Waals surface area (Å²) in [5.41, 5.74) is 1.96. The number of aryl methyl sites for hydroxylation is 1. The largest absolute Gasteiger partial charge is 0.469 e. The van der Waals surface area contributed by atoms with Crippen LogP contribution in [0.4, 0.5) is 15.8 Å². The van der Waals surface area contributed by atoms with E-state index in [0.717, 1.165) is 31.6 Å². The minimum absolute atomic E-state index is 0.0396. The number of halogens is 1. The predicted octanol–water partition coefficient (Wildman–Crippen LogP) is 2.64. The van der Waals surface area contributed by atoms with Crippen molar-refractivity contribution in [2.75, 3.05) is 32.1 Å². The molecule has 1 fully saturated rings. The molecule has 0 atom stereocenters. The van der Waals surface area contributed by atoms with Gasteiger partial charge in [-0.15, -0.1) is 0 Å². The van der Waals surface area contributed by atoms with Crippen LogP contribution in [0.25, 0.3) is 0 Å². The highest BCUT2D eigenvalue weighted by Gasteiger charge is 2.28. The summed E-state index contributed by atoms with van der Waals surface area (Å²) in [6, 6.07) is 6.51. The summed E-state index contributed by atoms with van der Waals surface area (Å²) in [5, 5.41) is 5.95. The number of rotatable bonds is 8. The smallest absolute Gasteiger partial charge is 0.305 e. The van der Waals surface area contributed by atoms with Gasteiger partial charge in [0.1, 0.15) is 5.82 Å². The maximum atomic E-state index is 14.1. The Kier molecular flexibility index (Phi) is 6.77. The van der Waals surface area contributed by atoms with Gasteiger partial charge in [0, 0.05) is 25.7 Å². The molecule has 1 aliphatic rings. The molecule has 2 aromatic rings. The van der Waals surface area contributed by atoms with Crippen molar-refractivity contribution in [2.45, 2.75) is 25.8 Å². The second-order valence-electron chi connectivity index (χ2n) is 7.14. The molecule has 0 spiro atoms. The zero-order valence-corrected chi connectivity index (χ0v) is 16.6. The molecule has 1 aromatic heterocycles. The van der Waals surface area contributed by atoms with E-state index in [2.05, 4.69) is 25.3 Å². The van der Waals surface area contributed by atoms with Gasteiger partial charge in [0.25, 0.3) is 5.91 Å². The number of aromatic nitrogens is 1. The highest BCUT2D eigenvalue weighted by molar-refractivity contribution is 6.00. The molecule has 154 valence electrons. The lowest BCUT2D eigenvalue weighted by atomic mass is 10.1. The number of esters is 1. The number of ether oxygens (including phenoxy) is 1. The highest BCUT2D eigenvalue weighted by Crippen LogP contribution is 2.23. The van der Waals surface area contributed by atoms with Gasteiger partial charge in [-0.2, -0.15) is 0 Å². The van der Waals surface area contributed by atoms with Crippen molar-refractivity contribution >= 4 is 23.3 Å². The zero-order chi connectivity index (χ0) is 20.8. The summed E-state index contributed by atoms with van der Waals surface area (Å²) in [6.45, 7) is 4.06. The van der Waals surface area contributed by atoms with Crippen LogP contribution in [0.3, 0.4) is 0 Å². The Labute approximate surface area is 169 Å². The van der Waals surface area contributed by atoms with Crippen LogP contribution < -0.4 is 10.6 Å². The summed E-state index contributed by atoms with van der Waals surface area (Å²) in [5.74, 6) is -0.832. The van der Waals surface area contributed by atoms with Crippen LogP contribution in [0.15, 0.2) is 36.7 Å². The minimum atomic E-state index is -0.387. The predicted molar refractivity (Wildman–Crippen MR) is 108 cm³/mol.